The maximum absolute atomic E-state index is 9.38. The van der Waals surface area contributed by atoms with E-state index in [1.807, 2.05) is 42.6 Å². The monoisotopic (exact) mass is 546 g/mol. The lowest BCUT2D eigenvalue weighted by atomic mass is 10.1. The lowest BCUT2D eigenvalue weighted by molar-refractivity contribution is -0.672. The van der Waals surface area contributed by atoms with Crippen molar-refractivity contribution >= 4 is 34.4 Å². The standard InChI is InChI=1S/C29H27N2O2S.BrH/c32-21-19-30-18-17-23(25-12-4-5-13-26(25)30)9-8-16-29-31(27-14-6-7-15-28(27)34-29)20-22-33-24-10-2-1-3-11-24;/h1-18,32H,19-22H2;1H/q+1;/p-1. The van der Waals surface area contributed by atoms with Gasteiger partial charge in [-0.15, -0.1) is 0 Å². The second-order valence-electron chi connectivity index (χ2n) is 7.95. The number of aliphatic hydroxyl groups is 1. The summed E-state index contributed by atoms with van der Waals surface area (Å²) in [5.74, 6) is 0.891. The highest BCUT2D eigenvalue weighted by atomic mass is 79.9. The van der Waals surface area contributed by atoms with Crippen LogP contribution in [-0.4, -0.2) is 24.9 Å². The molecule has 4 nitrogen and oxygen atoms in total. The van der Waals surface area contributed by atoms with Gasteiger partial charge >= 0.3 is 0 Å². The van der Waals surface area contributed by atoms with Crippen LogP contribution in [0.15, 0.2) is 113 Å². The van der Waals surface area contributed by atoms with Gasteiger partial charge in [0.2, 0.25) is 5.52 Å². The summed E-state index contributed by atoms with van der Waals surface area (Å²) in [6.45, 7) is 2.09. The van der Waals surface area contributed by atoms with Crippen LogP contribution in [0.3, 0.4) is 0 Å². The van der Waals surface area contributed by atoms with E-state index in [0.29, 0.717) is 13.2 Å². The third-order valence-corrected chi connectivity index (χ3v) is 6.91. The number of rotatable bonds is 8. The summed E-state index contributed by atoms with van der Waals surface area (Å²) in [5.41, 5.74) is 3.49. The fourth-order valence-electron chi connectivity index (χ4n) is 4.17. The number of allylic oxidation sites excluding steroid dienone is 2. The van der Waals surface area contributed by atoms with Crippen molar-refractivity contribution in [1.29, 1.82) is 0 Å². The Labute approximate surface area is 220 Å². The van der Waals surface area contributed by atoms with E-state index in [4.69, 9.17) is 4.74 Å². The fraction of sp³-hybridized carbons (Fsp3) is 0.138. The molecule has 0 fully saturated rings. The molecule has 0 spiro atoms. The fourth-order valence-corrected chi connectivity index (χ4v) is 5.27. The molecule has 178 valence electrons. The summed E-state index contributed by atoms with van der Waals surface area (Å²) in [5, 5.41) is 11.7. The third-order valence-electron chi connectivity index (χ3n) is 5.78. The van der Waals surface area contributed by atoms with Gasteiger partial charge in [0.15, 0.2) is 12.7 Å². The number of ether oxygens (including phenoxy) is 1. The van der Waals surface area contributed by atoms with Crippen molar-refractivity contribution in [2.75, 3.05) is 24.7 Å². The first-order valence-corrected chi connectivity index (χ1v) is 12.3. The van der Waals surface area contributed by atoms with Gasteiger partial charge in [-0.1, -0.05) is 66.4 Å². The van der Waals surface area contributed by atoms with Gasteiger partial charge in [-0.3, -0.25) is 0 Å². The Kier molecular flexibility index (Phi) is 8.64. The number of aromatic nitrogens is 1. The molecule has 3 aromatic carbocycles. The first kappa shape index (κ1) is 25.0. The molecular weight excluding hydrogens is 520 g/mol. The van der Waals surface area contributed by atoms with Gasteiger partial charge < -0.3 is 31.7 Å². The largest absolute Gasteiger partial charge is 1.00 e. The van der Waals surface area contributed by atoms with E-state index in [2.05, 4.69) is 76.2 Å². The SMILES string of the molecule is OCC[n+]1ccc(/C=C/C=C2\Sc3ccccc3N2CCOc2ccccc2)c2ccccc21.[Br-]. The maximum Gasteiger partial charge on any atom is 0.213 e. The second-order valence-corrected chi connectivity index (χ2v) is 9.01. The van der Waals surface area contributed by atoms with Crippen LogP contribution in [-0.2, 0) is 6.54 Å². The number of aliphatic hydroxyl groups excluding tert-OH is 1. The second kappa shape index (κ2) is 12.1. The van der Waals surface area contributed by atoms with Crippen LogP contribution in [0.5, 0.6) is 5.75 Å². The summed E-state index contributed by atoms with van der Waals surface area (Å²) < 4.78 is 8.05. The number of hydrogen-bond donors (Lipinski definition) is 1. The molecule has 0 amide bonds. The number of pyridine rings is 1. The lowest BCUT2D eigenvalue weighted by Crippen LogP contribution is -3.00. The van der Waals surface area contributed by atoms with E-state index >= 15 is 0 Å². The van der Waals surface area contributed by atoms with Crippen molar-refractivity contribution in [3.63, 3.8) is 0 Å². The van der Waals surface area contributed by atoms with Crippen molar-refractivity contribution in [2.24, 2.45) is 0 Å². The molecule has 0 unspecified atom stereocenters. The van der Waals surface area contributed by atoms with E-state index < -0.39 is 0 Å². The predicted molar refractivity (Wildman–Crippen MR) is 140 cm³/mol. The minimum atomic E-state index is 0. The molecule has 0 saturated carbocycles. The van der Waals surface area contributed by atoms with Crippen molar-refractivity contribution in [3.05, 3.63) is 114 Å². The van der Waals surface area contributed by atoms with Gasteiger partial charge in [0.25, 0.3) is 0 Å². The summed E-state index contributed by atoms with van der Waals surface area (Å²) in [6, 6.07) is 28.9. The Hall–Kier alpha value is -3.06. The molecule has 0 atom stereocenters. The maximum atomic E-state index is 9.38. The molecule has 1 N–H and O–H groups in total. The molecule has 6 heteroatoms. The Morgan fingerprint density at radius 1 is 0.914 bits per heavy atom. The highest BCUT2D eigenvalue weighted by molar-refractivity contribution is 8.03. The van der Waals surface area contributed by atoms with Crippen LogP contribution in [0.2, 0.25) is 0 Å². The molecule has 1 aromatic heterocycles. The van der Waals surface area contributed by atoms with Crippen molar-refractivity contribution < 1.29 is 31.4 Å². The summed E-state index contributed by atoms with van der Waals surface area (Å²) in [4.78, 5) is 3.59. The van der Waals surface area contributed by atoms with Gasteiger partial charge in [0.1, 0.15) is 19.0 Å². The zero-order valence-corrected chi connectivity index (χ0v) is 21.7. The minimum absolute atomic E-state index is 0. The normalized spacial score (nSPS) is 13.9. The number of anilines is 1. The summed E-state index contributed by atoms with van der Waals surface area (Å²) >= 11 is 1.79. The Bertz CT molecular complexity index is 1340. The zero-order chi connectivity index (χ0) is 23.2. The molecule has 1 aliphatic rings. The first-order chi connectivity index (χ1) is 16.8. The van der Waals surface area contributed by atoms with E-state index in [0.717, 1.165) is 23.4 Å². The first-order valence-electron chi connectivity index (χ1n) is 11.5. The number of fused-ring (bicyclic) bond motifs is 2. The molecule has 1 aliphatic heterocycles. The van der Waals surface area contributed by atoms with E-state index in [1.165, 1.54) is 21.0 Å². The Balaban J connectivity index is 0.00000289. The Morgan fingerprint density at radius 2 is 1.69 bits per heavy atom. The average molecular weight is 548 g/mol. The molecule has 2 heterocycles. The smallest absolute Gasteiger partial charge is 0.213 e. The van der Waals surface area contributed by atoms with Crippen LogP contribution in [0.25, 0.3) is 17.0 Å². The van der Waals surface area contributed by atoms with Crippen LogP contribution < -0.4 is 31.2 Å². The molecule has 4 aromatic rings. The number of thioether (sulfide) groups is 1. The summed E-state index contributed by atoms with van der Waals surface area (Å²) in [7, 11) is 0. The number of nitrogens with zero attached hydrogens (tertiary/aromatic N) is 2. The highest BCUT2D eigenvalue weighted by Crippen LogP contribution is 2.45. The zero-order valence-electron chi connectivity index (χ0n) is 19.3. The molecule has 5 rings (SSSR count). The van der Waals surface area contributed by atoms with Crippen LogP contribution in [0.4, 0.5) is 5.69 Å². The minimum Gasteiger partial charge on any atom is -1.00 e. The van der Waals surface area contributed by atoms with Gasteiger partial charge in [0.05, 0.1) is 22.6 Å². The van der Waals surface area contributed by atoms with Crippen LogP contribution >= 0.6 is 11.8 Å². The number of halogens is 1. The number of para-hydroxylation sites is 3. The van der Waals surface area contributed by atoms with Crippen molar-refractivity contribution in [2.45, 2.75) is 11.4 Å². The quantitative estimate of drug-likeness (QED) is 0.345. The van der Waals surface area contributed by atoms with Gasteiger partial charge in [-0.2, -0.15) is 4.57 Å². The number of benzene rings is 3. The van der Waals surface area contributed by atoms with Crippen molar-refractivity contribution in [1.82, 2.24) is 0 Å². The van der Waals surface area contributed by atoms with Gasteiger partial charge in [-0.25, -0.2) is 0 Å². The third kappa shape index (κ3) is 5.78. The lowest BCUT2D eigenvalue weighted by Gasteiger charge is -2.20. The molecular formula is C29H27BrN2O2S. The molecule has 0 bridgehead atoms. The summed E-state index contributed by atoms with van der Waals surface area (Å²) in [6.07, 6.45) is 8.49. The molecule has 0 aliphatic carbocycles. The number of hydrogen-bond acceptors (Lipinski definition) is 4. The molecule has 35 heavy (non-hydrogen) atoms. The van der Waals surface area contributed by atoms with E-state index in [9.17, 15) is 5.11 Å². The highest BCUT2D eigenvalue weighted by Gasteiger charge is 2.24. The van der Waals surface area contributed by atoms with Crippen LogP contribution in [0.1, 0.15) is 5.56 Å². The van der Waals surface area contributed by atoms with Crippen LogP contribution in [0, 0.1) is 0 Å². The van der Waals surface area contributed by atoms with Gasteiger partial charge in [-0.05, 0) is 42.0 Å². The van der Waals surface area contributed by atoms with E-state index in [-0.39, 0.29) is 23.6 Å². The predicted octanol–water partition coefficient (Wildman–Crippen LogP) is 2.67. The Morgan fingerprint density at radius 3 is 2.54 bits per heavy atom. The average Bonchev–Trinajstić information content (AvgIpc) is 3.23. The van der Waals surface area contributed by atoms with Crippen molar-refractivity contribution in [3.8, 4) is 5.75 Å². The topological polar surface area (TPSA) is 36.6 Å². The molecule has 0 saturated heterocycles. The van der Waals surface area contributed by atoms with E-state index in [1.54, 1.807) is 11.8 Å². The van der Waals surface area contributed by atoms with Gasteiger partial charge in [0, 0.05) is 17.0 Å². The molecule has 0 radical (unpaired) electrons.